The summed E-state index contributed by atoms with van der Waals surface area (Å²) in [6, 6.07) is 7.28. The minimum atomic E-state index is -0.522. The van der Waals surface area contributed by atoms with E-state index in [-0.39, 0.29) is 11.8 Å². The van der Waals surface area contributed by atoms with Gasteiger partial charge in [-0.05, 0) is 38.5 Å². The number of aromatic nitrogens is 3. The monoisotopic (exact) mass is 405 g/mol. The number of anilines is 1. The van der Waals surface area contributed by atoms with Crippen LogP contribution in [0.3, 0.4) is 0 Å². The molecule has 1 aromatic heterocycles. The Kier molecular flexibility index (Phi) is 5.88. The van der Waals surface area contributed by atoms with E-state index in [1.54, 1.807) is 17.0 Å². The van der Waals surface area contributed by atoms with Crippen LogP contribution < -0.4 is 10.6 Å². The fraction of sp³-hybridized carbons (Fsp3) is 0.474. The first kappa shape index (κ1) is 20.1. The Balaban J connectivity index is 1.61. The predicted octanol–water partition coefficient (Wildman–Crippen LogP) is 2.40. The topological polar surface area (TPSA) is 80.6 Å². The lowest BCUT2D eigenvalue weighted by Gasteiger charge is -2.35. The molecule has 0 radical (unpaired) electrons. The zero-order valence-corrected chi connectivity index (χ0v) is 17.0. The second-order valence-corrected chi connectivity index (χ2v) is 8.08. The van der Waals surface area contributed by atoms with Gasteiger partial charge in [-0.15, -0.1) is 0 Å². The number of carbonyl (C=O) groups excluding carboxylic acids is 1. The molecule has 2 aromatic rings. The van der Waals surface area contributed by atoms with Gasteiger partial charge in [0.2, 0.25) is 5.95 Å². The van der Waals surface area contributed by atoms with Crippen molar-refractivity contribution in [3.05, 3.63) is 51.7 Å². The molecular weight excluding hydrogens is 382 g/mol. The molecule has 1 saturated heterocycles. The lowest BCUT2D eigenvalue weighted by Crippen LogP contribution is -2.50. The highest BCUT2D eigenvalue weighted by Gasteiger charge is 2.26. The van der Waals surface area contributed by atoms with Gasteiger partial charge in [0.25, 0.3) is 0 Å². The summed E-state index contributed by atoms with van der Waals surface area (Å²) >= 11 is 5.88. The van der Waals surface area contributed by atoms with Crippen LogP contribution in [0.1, 0.15) is 26.3 Å². The van der Waals surface area contributed by atoms with Crippen molar-refractivity contribution in [2.24, 2.45) is 0 Å². The number of halogens is 1. The molecule has 1 aliphatic heterocycles. The van der Waals surface area contributed by atoms with Gasteiger partial charge in [0.1, 0.15) is 11.9 Å². The molecule has 2 heterocycles. The van der Waals surface area contributed by atoms with Crippen molar-refractivity contribution in [3.8, 4) is 0 Å². The van der Waals surface area contributed by atoms with Crippen LogP contribution in [0.4, 0.5) is 10.7 Å². The van der Waals surface area contributed by atoms with Crippen molar-refractivity contribution in [3.63, 3.8) is 0 Å². The van der Waals surface area contributed by atoms with Crippen molar-refractivity contribution in [1.82, 2.24) is 19.4 Å². The van der Waals surface area contributed by atoms with Crippen LogP contribution in [0.25, 0.3) is 0 Å². The fourth-order valence-corrected chi connectivity index (χ4v) is 2.94. The van der Waals surface area contributed by atoms with Crippen LogP contribution >= 0.6 is 11.6 Å². The third-order valence-corrected chi connectivity index (χ3v) is 4.49. The molecule has 9 heteroatoms. The normalized spacial score (nSPS) is 14.9. The maximum absolute atomic E-state index is 12.4. The molecule has 1 fully saturated rings. The van der Waals surface area contributed by atoms with Crippen LogP contribution in [-0.4, -0.2) is 57.3 Å². The molecule has 0 spiro atoms. The molecular formula is C19H24ClN5O3. The quantitative estimate of drug-likeness (QED) is 0.780. The first-order valence-electron chi connectivity index (χ1n) is 9.12. The van der Waals surface area contributed by atoms with E-state index in [1.165, 1.54) is 10.9 Å². The number of hydrogen-bond acceptors (Lipinski definition) is 6. The average molecular weight is 406 g/mol. The first-order valence-corrected chi connectivity index (χ1v) is 9.50. The van der Waals surface area contributed by atoms with Crippen molar-refractivity contribution in [1.29, 1.82) is 0 Å². The van der Waals surface area contributed by atoms with Crippen molar-refractivity contribution >= 4 is 23.6 Å². The second kappa shape index (κ2) is 8.18. The van der Waals surface area contributed by atoms with Gasteiger partial charge in [-0.1, -0.05) is 23.7 Å². The maximum Gasteiger partial charge on any atom is 0.410 e. The zero-order valence-electron chi connectivity index (χ0n) is 16.3. The Morgan fingerprint density at radius 3 is 2.36 bits per heavy atom. The van der Waals surface area contributed by atoms with E-state index in [0.29, 0.717) is 43.7 Å². The number of carbonyl (C=O) groups is 1. The third-order valence-electron chi connectivity index (χ3n) is 4.23. The van der Waals surface area contributed by atoms with Crippen molar-refractivity contribution < 1.29 is 9.53 Å². The Morgan fingerprint density at radius 1 is 1.14 bits per heavy atom. The van der Waals surface area contributed by atoms with Crippen LogP contribution in [0.2, 0.25) is 5.02 Å². The first-order chi connectivity index (χ1) is 13.2. The van der Waals surface area contributed by atoms with Gasteiger partial charge in [-0.25, -0.2) is 14.6 Å². The Bertz CT molecular complexity index is 884. The van der Waals surface area contributed by atoms with E-state index in [1.807, 2.05) is 37.8 Å². The summed E-state index contributed by atoms with van der Waals surface area (Å²) in [5.41, 5.74) is 0.0506. The summed E-state index contributed by atoms with van der Waals surface area (Å²) in [5.74, 6) is 0.376. The van der Waals surface area contributed by atoms with E-state index >= 15 is 0 Å². The second-order valence-electron chi connectivity index (χ2n) is 7.65. The maximum atomic E-state index is 12.4. The minimum absolute atomic E-state index is 0.327. The summed E-state index contributed by atoms with van der Waals surface area (Å²) in [5, 5.41) is 0.646. The van der Waals surface area contributed by atoms with Gasteiger partial charge >= 0.3 is 11.8 Å². The molecule has 8 nitrogen and oxygen atoms in total. The summed E-state index contributed by atoms with van der Waals surface area (Å²) in [6.07, 6.45) is 1.17. The van der Waals surface area contributed by atoms with Crippen LogP contribution in [0, 0.1) is 0 Å². The lowest BCUT2D eigenvalue weighted by molar-refractivity contribution is 0.0240. The molecule has 28 heavy (non-hydrogen) atoms. The SMILES string of the molecule is CC(C)(C)OC(=O)N1CCN(c2ncn(Cc3ccc(Cl)cc3)c(=O)n2)CC1. The Hall–Kier alpha value is -2.61. The smallest absolute Gasteiger partial charge is 0.410 e. The van der Waals surface area contributed by atoms with Crippen LogP contribution in [0.15, 0.2) is 35.4 Å². The van der Waals surface area contributed by atoms with Crippen molar-refractivity contribution in [2.45, 2.75) is 32.9 Å². The third kappa shape index (κ3) is 5.22. The van der Waals surface area contributed by atoms with Gasteiger partial charge in [0.05, 0.1) is 6.54 Å². The molecule has 3 rings (SSSR count). The average Bonchev–Trinajstić information content (AvgIpc) is 2.64. The highest BCUT2D eigenvalue weighted by atomic mass is 35.5. The molecule has 150 valence electrons. The Morgan fingerprint density at radius 2 is 1.79 bits per heavy atom. The van der Waals surface area contributed by atoms with E-state index < -0.39 is 5.60 Å². The van der Waals surface area contributed by atoms with Gasteiger partial charge < -0.3 is 14.5 Å². The fourth-order valence-electron chi connectivity index (χ4n) is 2.81. The number of nitrogens with zero attached hydrogens (tertiary/aromatic N) is 5. The standard InChI is InChI=1S/C19H24ClN5O3/c1-19(2,3)28-18(27)24-10-8-23(9-11-24)16-21-13-25(17(26)22-16)12-14-4-6-15(20)7-5-14/h4-7,13H,8-12H2,1-3H3. The van der Waals surface area contributed by atoms with E-state index in [4.69, 9.17) is 16.3 Å². The number of hydrogen-bond donors (Lipinski definition) is 0. The number of rotatable bonds is 3. The van der Waals surface area contributed by atoms with Crippen LogP contribution in [-0.2, 0) is 11.3 Å². The van der Waals surface area contributed by atoms with Crippen LogP contribution in [0.5, 0.6) is 0 Å². The highest BCUT2D eigenvalue weighted by Crippen LogP contribution is 2.14. The lowest BCUT2D eigenvalue weighted by atomic mass is 10.2. The number of piperazine rings is 1. The number of amides is 1. The van der Waals surface area contributed by atoms with Gasteiger partial charge in [-0.3, -0.25) is 4.57 Å². The summed E-state index contributed by atoms with van der Waals surface area (Å²) in [4.78, 5) is 36.5. The van der Waals surface area contributed by atoms with Crippen molar-refractivity contribution in [2.75, 3.05) is 31.1 Å². The van der Waals surface area contributed by atoms with E-state index in [0.717, 1.165) is 5.56 Å². The van der Waals surface area contributed by atoms with Gasteiger partial charge in [0, 0.05) is 31.2 Å². The van der Waals surface area contributed by atoms with E-state index in [2.05, 4.69) is 9.97 Å². The zero-order chi connectivity index (χ0) is 20.3. The van der Waals surface area contributed by atoms with Gasteiger partial charge in [-0.2, -0.15) is 4.98 Å². The molecule has 0 aliphatic carbocycles. The molecule has 0 bridgehead atoms. The Labute approximate surface area is 168 Å². The molecule has 0 N–H and O–H groups in total. The molecule has 0 atom stereocenters. The minimum Gasteiger partial charge on any atom is -0.444 e. The highest BCUT2D eigenvalue weighted by molar-refractivity contribution is 6.30. The summed E-state index contributed by atoms with van der Waals surface area (Å²) < 4.78 is 6.84. The number of benzene rings is 1. The van der Waals surface area contributed by atoms with Gasteiger partial charge in [0.15, 0.2) is 0 Å². The molecule has 1 aromatic carbocycles. The summed E-state index contributed by atoms with van der Waals surface area (Å²) in [6.45, 7) is 7.97. The van der Waals surface area contributed by atoms with E-state index in [9.17, 15) is 9.59 Å². The predicted molar refractivity (Wildman–Crippen MR) is 107 cm³/mol. The molecule has 1 aliphatic rings. The summed E-state index contributed by atoms with van der Waals surface area (Å²) in [7, 11) is 0. The molecule has 0 unspecified atom stereocenters. The molecule has 1 amide bonds. The number of ether oxygens (including phenoxy) is 1. The largest absolute Gasteiger partial charge is 0.444 e. The molecule has 0 saturated carbocycles.